The van der Waals surface area contributed by atoms with E-state index in [0.29, 0.717) is 26.1 Å². The Morgan fingerprint density at radius 3 is 3.05 bits per heavy atom. The normalized spacial score (nSPS) is 19.3. The molecule has 0 bridgehead atoms. The maximum absolute atomic E-state index is 13.4. The molecule has 5 heteroatoms. The van der Waals surface area contributed by atoms with Crippen LogP contribution in [0.4, 0.5) is 4.39 Å². The maximum atomic E-state index is 13.4. The molecule has 1 saturated heterocycles. The topological polar surface area (TPSA) is 38.8 Å². The molecule has 1 unspecified atom stereocenters. The summed E-state index contributed by atoms with van der Waals surface area (Å²) in [6, 6.07) is 6.26. The lowest BCUT2D eigenvalue weighted by atomic mass is 10.2. The molecule has 19 heavy (non-hydrogen) atoms. The third kappa shape index (κ3) is 3.67. The number of halogens is 1. The summed E-state index contributed by atoms with van der Waals surface area (Å²) >= 11 is 0. The van der Waals surface area contributed by atoms with E-state index in [1.807, 2.05) is 6.92 Å². The standard InChI is InChI=1S/C14H18FNO3/c1-2-14(17)16-7-8-18-11(9-16)10-19-13-6-4-3-5-12(13)15/h3-6,11H,2,7-10H2,1H3. The van der Waals surface area contributed by atoms with Gasteiger partial charge in [0.05, 0.1) is 13.2 Å². The van der Waals surface area contributed by atoms with E-state index in [9.17, 15) is 9.18 Å². The van der Waals surface area contributed by atoms with E-state index in [1.54, 1.807) is 23.1 Å². The summed E-state index contributed by atoms with van der Waals surface area (Å²) in [5.74, 6) is -0.0657. The van der Waals surface area contributed by atoms with Gasteiger partial charge in [0.2, 0.25) is 5.91 Å². The lowest BCUT2D eigenvalue weighted by Gasteiger charge is -2.32. The van der Waals surface area contributed by atoms with E-state index in [2.05, 4.69) is 0 Å². The first-order valence-electron chi connectivity index (χ1n) is 6.47. The van der Waals surface area contributed by atoms with Crippen LogP contribution in [0.25, 0.3) is 0 Å². The Morgan fingerprint density at radius 1 is 1.53 bits per heavy atom. The zero-order valence-corrected chi connectivity index (χ0v) is 11.0. The quantitative estimate of drug-likeness (QED) is 0.835. The summed E-state index contributed by atoms with van der Waals surface area (Å²) in [5.41, 5.74) is 0. The van der Waals surface area contributed by atoms with Gasteiger partial charge in [-0.2, -0.15) is 0 Å². The van der Waals surface area contributed by atoms with Crippen LogP contribution in [-0.2, 0) is 9.53 Å². The molecule has 1 aromatic carbocycles. The van der Waals surface area contributed by atoms with Crippen molar-refractivity contribution in [1.82, 2.24) is 4.90 Å². The van der Waals surface area contributed by atoms with Crippen LogP contribution in [0.15, 0.2) is 24.3 Å². The van der Waals surface area contributed by atoms with Crippen molar-refractivity contribution in [3.63, 3.8) is 0 Å². The molecule has 4 nitrogen and oxygen atoms in total. The van der Waals surface area contributed by atoms with E-state index in [1.165, 1.54) is 6.07 Å². The fourth-order valence-electron chi connectivity index (χ4n) is 2.01. The van der Waals surface area contributed by atoms with Crippen LogP contribution in [0.2, 0.25) is 0 Å². The van der Waals surface area contributed by atoms with Crippen LogP contribution in [0, 0.1) is 5.82 Å². The molecule has 0 saturated carbocycles. The van der Waals surface area contributed by atoms with Crippen LogP contribution in [-0.4, -0.2) is 43.2 Å². The molecule has 0 spiro atoms. The van der Waals surface area contributed by atoms with Gasteiger partial charge in [0.1, 0.15) is 12.7 Å². The number of nitrogens with zero attached hydrogens (tertiary/aromatic N) is 1. The number of rotatable bonds is 4. The molecule has 1 aromatic rings. The molecule has 0 N–H and O–H groups in total. The van der Waals surface area contributed by atoms with E-state index in [0.717, 1.165) is 0 Å². The molecule has 1 aliphatic rings. The van der Waals surface area contributed by atoms with Crippen molar-refractivity contribution in [1.29, 1.82) is 0 Å². The van der Waals surface area contributed by atoms with Gasteiger partial charge in [0.25, 0.3) is 0 Å². The minimum atomic E-state index is -0.389. The molecular weight excluding hydrogens is 249 g/mol. The molecule has 2 rings (SSSR count). The molecular formula is C14H18FNO3. The summed E-state index contributed by atoms with van der Waals surface area (Å²) in [6.45, 7) is 3.69. The zero-order valence-electron chi connectivity index (χ0n) is 11.0. The zero-order chi connectivity index (χ0) is 13.7. The third-order valence-electron chi connectivity index (χ3n) is 3.06. The third-order valence-corrected chi connectivity index (χ3v) is 3.06. The lowest BCUT2D eigenvalue weighted by molar-refractivity contribution is -0.139. The number of morpholine rings is 1. The minimum absolute atomic E-state index is 0.110. The van der Waals surface area contributed by atoms with E-state index >= 15 is 0 Å². The van der Waals surface area contributed by atoms with Gasteiger partial charge in [0, 0.05) is 13.0 Å². The van der Waals surface area contributed by atoms with Crippen LogP contribution >= 0.6 is 0 Å². The Hall–Kier alpha value is -1.62. The summed E-state index contributed by atoms with van der Waals surface area (Å²) in [4.78, 5) is 13.4. The van der Waals surface area contributed by atoms with E-state index in [4.69, 9.17) is 9.47 Å². The first-order valence-corrected chi connectivity index (χ1v) is 6.47. The number of benzene rings is 1. The van der Waals surface area contributed by atoms with Crippen LogP contribution < -0.4 is 4.74 Å². The summed E-state index contributed by atoms with van der Waals surface area (Å²) in [6.07, 6.45) is 0.282. The molecule has 1 fully saturated rings. The van der Waals surface area contributed by atoms with Crippen molar-refractivity contribution in [2.75, 3.05) is 26.3 Å². The summed E-state index contributed by atoms with van der Waals surface area (Å²) in [5, 5.41) is 0. The van der Waals surface area contributed by atoms with Crippen molar-refractivity contribution in [3.05, 3.63) is 30.1 Å². The lowest BCUT2D eigenvalue weighted by Crippen LogP contribution is -2.47. The smallest absolute Gasteiger partial charge is 0.222 e. The van der Waals surface area contributed by atoms with Crippen LogP contribution in [0.3, 0.4) is 0 Å². The highest BCUT2D eigenvalue weighted by Gasteiger charge is 2.23. The number of hydrogen-bond donors (Lipinski definition) is 0. The van der Waals surface area contributed by atoms with Gasteiger partial charge < -0.3 is 14.4 Å². The van der Waals surface area contributed by atoms with Crippen molar-refractivity contribution < 1.29 is 18.7 Å². The molecule has 0 radical (unpaired) electrons. The van der Waals surface area contributed by atoms with Gasteiger partial charge in [-0.3, -0.25) is 4.79 Å². The Balaban J connectivity index is 1.86. The molecule has 1 atom stereocenters. The molecule has 1 aliphatic heterocycles. The van der Waals surface area contributed by atoms with Gasteiger partial charge in [-0.15, -0.1) is 0 Å². The van der Waals surface area contributed by atoms with Crippen molar-refractivity contribution in [3.8, 4) is 5.75 Å². The summed E-state index contributed by atoms with van der Waals surface area (Å²) in [7, 11) is 0. The first-order chi connectivity index (χ1) is 9.20. The molecule has 0 aromatic heterocycles. The summed E-state index contributed by atoms with van der Waals surface area (Å²) < 4.78 is 24.3. The number of carbonyl (C=O) groups is 1. The van der Waals surface area contributed by atoms with E-state index in [-0.39, 0.29) is 30.2 Å². The monoisotopic (exact) mass is 267 g/mol. The Kier molecular flexibility index (Phi) is 4.74. The minimum Gasteiger partial charge on any atom is -0.488 e. The molecule has 0 aliphatic carbocycles. The first kappa shape index (κ1) is 13.8. The second kappa shape index (κ2) is 6.52. The second-order valence-corrected chi connectivity index (χ2v) is 4.43. The maximum Gasteiger partial charge on any atom is 0.222 e. The largest absolute Gasteiger partial charge is 0.488 e. The van der Waals surface area contributed by atoms with Crippen molar-refractivity contribution in [2.45, 2.75) is 19.4 Å². The average molecular weight is 267 g/mol. The predicted molar refractivity (Wildman–Crippen MR) is 68.5 cm³/mol. The predicted octanol–water partition coefficient (Wildman–Crippen LogP) is 1.84. The molecule has 1 heterocycles. The Labute approximate surface area is 112 Å². The van der Waals surface area contributed by atoms with Gasteiger partial charge in [0.15, 0.2) is 11.6 Å². The fourth-order valence-corrected chi connectivity index (χ4v) is 2.01. The van der Waals surface area contributed by atoms with E-state index < -0.39 is 0 Å². The van der Waals surface area contributed by atoms with Gasteiger partial charge in [-0.25, -0.2) is 4.39 Å². The highest BCUT2D eigenvalue weighted by atomic mass is 19.1. The SMILES string of the molecule is CCC(=O)N1CCOC(COc2ccccc2F)C1. The number of carbonyl (C=O) groups excluding carboxylic acids is 1. The van der Waals surface area contributed by atoms with Crippen molar-refractivity contribution >= 4 is 5.91 Å². The van der Waals surface area contributed by atoms with Gasteiger partial charge >= 0.3 is 0 Å². The highest BCUT2D eigenvalue weighted by Crippen LogP contribution is 2.16. The number of amides is 1. The fraction of sp³-hybridized carbons (Fsp3) is 0.500. The number of ether oxygens (including phenoxy) is 2. The second-order valence-electron chi connectivity index (χ2n) is 4.43. The van der Waals surface area contributed by atoms with Crippen LogP contribution in [0.1, 0.15) is 13.3 Å². The highest BCUT2D eigenvalue weighted by molar-refractivity contribution is 5.75. The molecule has 1 amide bonds. The Morgan fingerprint density at radius 2 is 2.32 bits per heavy atom. The number of para-hydroxylation sites is 1. The van der Waals surface area contributed by atoms with Crippen LogP contribution in [0.5, 0.6) is 5.75 Å². The van der Waals surface area contributed by atoms with Gasteiger partial charge in [-0.1, -0.05) is 19.1 Å². The van der Waals surface area contributed by atoms with Crippen molar-refractivity contribution in [2.24, 2.45) is 0 Å². The molecule has 104 valence electrons. The average Bonchev–Trinajstić information content (AvgIpc) is 2.46. The van der Waals surface area contributed by atoms with Gasteiger partial charge in [-0.05, 0) is 12.1 Å². The Bertz CT molecular complexity index is 438. The number of hydrogen-bond acceptors (Lipinski definition) is 3.